The molecule has 1 aliphatic rings. The van der Waals surface area contributed by atoms with Gasteiger partial charge in [-0.3, -0.25) is 14.9 Å². The summed E-state index contributed by atoms with van der Waals surface area (Å²) in [5, 5.41) is 11.0. The number of carbonyl (C=O) groups is 1. The Labute approximate surface area is 138 Å². The maximum Gasteiger partial charge on any atom is 0.275 e. The van der Waals surface area contributed by atoms with Crippen molar-refractivity contribution < 1.29 is 9.72 Å². The van der Waals surface area contributed by atoms with E-state index in [-0.39, 0.29) is 21.9 Å². The minimum Gasteiger partial charge on any atom is -0.325 e. The smallest absolute Gasteiger partial charge is 0.275 e. The van der Waals surface area contributed by atoms with Gasteiger partial charge >= 0.3 is 0 Å². The van der Waals surface area contributed by atoms with Gasteiger partial charge in [0, 0.05) is 12.6 Å². The summed E-state index contributed by atoms with van der Waals surface area (Å²) in [5.74, 6) is 0.403. The highest BCUT2D eigenvalue weighted by molar-refractivity contribution is 8.00. The fraction of sp³-hybridized carbons (Fsp3) is 0.235. The number of nitrogens with zero attached hydrogens (tertiary/aromatic N) is 2. The Morgan fingerprint density at radius 1 is 1.13 bits per heavy atom. The third kappa shape index (κ3) is 3.37. The monoisotopic (exact) mass is 328 g/mol. The van der Waals surface area contributed by atoms with E-state index >= 15 is 0 Å². The Hall–Kier alpha value is -2.34. The highest BCUT2D eigenvalue weighted by Gasteiger charge is 2.35. The normalized spacial score (nSPS) is 17.5. The van der Waals surface area contributed by atoms with E-state index in [2.05, 4.69) is 0 Å². The molecule has 2 aromatic rings. The Morgan fingerprint density at radius 2 is 1.83 bits per heavy atom. The number of carbonyl (C=O) groups excluding carboxylic acids is 1. The lowest BCUT2D eigenvalue weighted by atomic mass is 10.1. The maximum absolute atomic E-state index is 12.2. The largest absolute Gasteiger partial charge is 0.325 e. The van der Waals surface area contributed by atoms with E-state index in [1.54, 1.807) is 23.1 Å². The van der Waals surface area contributed by atoms with E-state index in [4.69, 9.17) is 0 Å². The standard InChI is InChI=1S/C17H16N2O3S/c20-16-12-23-17(14-8-4-5-9-15(14)19(21)22)18(16)11-10-13-6-2-1-3-7-13/h1-9,17H,10-12H2/t17-/m0/s1. The number of hydrogen-bond acceptors (Lipinski definition) is 4. The molecule has 0 bridgehead atoms. The molecule has 1 fully saturated rings. The minimum atomic E-state index is -0.381. The molecule has 1 aliphatic heterocycles. The van der Waals surface area contributed by atoms with Crippen LogP contribution in [0.1, 0.15) is 16.5 Å². The lowest BCUT2D eigenvalue weighted by molar-refractivity contribution is -0.385. The number of nitro benzene ring substituents is 1. The van der Waals surface area contributed by atoms with Crippen LogP contribution < -0.4 is 0 Å². The summed E-state index contributed by atoms with van der Waals surface area (Å²) in [6, 6.07) is 16.6. The molecule has 23 heavy (non-hydrogen) atoms. The van der Waals surface area contributed by atoms with Gasteiger partial charge < -0.3 is 4.90 Å². The van der Waals surface area contributed by atoms with Crippen LogP contribution >= 0.6 is 11.8 Å². The molecule has 2 aromatic carbocycles. The van der Waals surface area contributed by atoms with Crippen LogP contribution in [0.2, 0.25) is 0 Å². The third-order valence-corrected chi connectivity index (χ3v) is 5.09. The second-order valence-corrected chi connectivity index (χ2v) is 6.37. The zero-order chi connectivity index (χ0) is 16.2. The molecule has 0 unspecified atom stereocenters. The van der Waals surface area contributed by atoms with Gasteiger partial charge in [0.25, 0.3) is 5.69 Å². The lowest BCUT2D eigenvalue weighted by Crippen LogP contribution is -2.30. The maximum atomic E-state index is 12.2. The van der Waals surface area contributed by atoms with Crippen molar-refractivity contribution in [2.24, 2.45) is 0 Å². The van der Waals surface area contributed by atoms with Crippen LogP contribution in [-0.4, -0.2) is 28.0 Å². The molecule has 3 rings (SSSR count). The molecule has 1 heterocycles. The van der Waals surface area contributed by atoms with E-state index in [9.17, 15) is 14.9 Å². The van der Waals surface area contributed by atoms with Gasteiger partial charge in [0.2, 0.25) is 5.91 Å². The van der Waals surface area contributed by atoms with Gasteiger partial charge in [-0.25, -0.2) is 0 Å². The van der Waals surface area contributed by atoms with Crippen LogP contribution in [-0.2, 0) is 11.2 Å². The molecule has 0 spiro atoms. The molecule has 6 heteroatoms. The zero-order valence-corrected chi connectivity index (χ0v) is 13.2. The molecule has 1 atom stereocenters. The number of hydrogen-bond donors (Lipinski definition) is 0. The third-order valence-electron chi connectivity index (χ3n) is 3.85. The van der Waals surface area contributed by atoms with Gasteiger partial charge in [0.15, 0.2) is 0 Å². The number of nitro groups is 1. The number of rotatable bonds is 5. The van der Waals surface area contributed by atoms with Crippen molar-refractivity contribution in [2.45, 2.75) is 11.8 Å². The highest BCUT2D eigenvalue weighted by atomic mass is 32.2. The number of para-hydroxylation sites is 1. The first kappa shape index (κ1) is 15.6. The molecule has 0 N–H and O–H groups in total. The topological polar surface area (TPSA) is 63.4 Å². The summed E-state index contributed by atoms with van der Waals surface area (Å²) in [6.45, 7) is 0.562. The quantitative estimate of drug-likeness (QED) is 0.623. The summed E-state index contributed by atoms with van der Waals surface area (Å²) in [4.78, 5) is 24.8. The van der Waals surface area contributed by atoms with Crippen molar-refractivity contribution >= 4 is 23.4 Å². The van der Waals surface area contributed by atoms with E-state index in [1.807, 2.05) is 30.3 Å². The van der Waals surface area contributed by atoms with Crippen LogP contribution in [0.5, 0.6) is 0 Å². The van der Waals surface area contributed by atoms with Crippen molar-refractivity contribution in [3.05, 3.63) is 75.8 Å². The molecule has 1 amide bonds. The van der Waals surface area contributed by atoms with Crippen molar-refractivity contribution in [1.82, 2.24) is 4.90 Å². The first-order valence-corrected chi connectivity index (χ1v) is 8.40. The van der Waals surface area contributed by atoms with Crippen LogP contribution in [0.4, 0.5) is 5.69 Å². The molecule has 118 valence electrons. The summed E-state index contributed by atoms with van der Waals surface area (Å²) >= 11 is 1.45. The van der Waals surface area contributed by atoms with Crippen molar-refractivity contribution in [2.75, 3.05) is 12.3 Å². The molecule has 0 radical (unpaired) electrons. The van der Waals surface area contributed by atoms with E-state index in [0.29, 0.717) is 17.9 Å². The van der Waals surface area contributed by atoms with E-state index in [0.717, 1.165) is 12.0 Å². The van der Waals surface area contributed by atoms with Crippen molar-refractivity contribution in [3.8, 4) is 0 Å². The molecule has 5 nitrogen and oxygen atoms in total. The van der Waals surface area contributed by atoms with Crippen LogP contribution in [0.3, 0.4) is 0 Å². The van der Waals surface area contributed by atoms with Crippen molar-refractivity contribution in [3.63, 3.8) is 0 Å². The lowest BCUT2D eigenvalue weighted by Gasteiger charge is -2.24. The Balaban J connectivity index is 1.81. The number of amides is 1. The van der Waals surface area contributed by atoms with Gasteiger partial charge in [0.05, 0.1) is 16.2 Å². The molecular weight excluding hydrogens is 312 g/mol. The SMILES string of the molecule is O=C1CS[C@@H](c2ccccc2[N+](=O)[O-])N1CCc1ccccc1. The Morgan fingerprint density at radius 3 is 2.57 bits per heavy atom. The summed E-state index contributed by atoms with van der Waals surface area (Å²) in [5.41, 5.74) is 1.82. The molecule has 0 aromatic heterocycles. The molecular formula is C17H16N2O3S. The first-order valence-electron chi connectivity index (χ1n) is 7.35. The molecule has 1 saturated heterocycles. The number of thioether (sulfide) groups is 1. The fourth-order valence-corrected chi connectivity index (χ4v) is 3.96. The second-order valence-electron chi connectivity index (χ2n) is 5.30. The summed E-state index contributed by atoms with van der Waals surface area (Å²) in [6.07, 6.45) is 0.740. The summed E-state index contributed by atoms with van der Waals surface area (Å²) in [7, 11) is 0. The van der Waals surface area contributed by atoms with Crippen LogP contribution in [0.25, 0.3) is 0 Å². The van der Waals surface area contributed by atoms with Gasteiger partial charge in [-0.1, -0.05) is 42.5 Å². The van der Waals surface area contributed by atoms with Gasteiger partial charge in [-0.2, -0.15) is 0 Å². The van der Waals surface area contributed by atoms with Crippen LogP contribution in [0, 0.1) is 10.1 Å². The fourth-order valence-electron chi connectivity index (χ4n) is 2.71. The van der Waals surface area contributed by atoms with Gasteiger partial charge in [-0.15, -0.1) is 11.8 Å². The minimum absolute atomic E-state index is 0.0362. The van der Waals surface area contributed by atoms with Gasteiger partial charge in [0.1, 0.15) is 5.37 Å². The number of benzene rings is 2. The predicted molar refractivity (Wildman–Crippen MR) is 90.2 cm³/mol. The highest BCUT2D eigenvalue weighted by Crippen LogP contribution is 2.42. The zero-order valence-electron chi connectivity index (χ0n) is 12.4. The second kappa shape index (κ2) is 6.83. The average molecular weight is 328 g/mol. The Kier molecular flexibility index (Phi) is 4.62. The Bertz CT molecular complexity index is 721. The van der Waals surface area contributed by atoms with Crippen molar-refractivity contribution in [1.29, 1.82) is 0 Å². The molecule has 0 aliphatic carbocycles. The molecule has 0 saturated carbocycles. The summed E-state index contributed by atoms with van der Waals surface area (Å²) < 4.78 is 0. The predicted octanol–water partition coefficient (Wildman–Crippen LogP) is 3.41. The first-order chi connectivity index (χ1) is 11.2. The van der Waals surface area contributed by atoms with E-state index < -0.39 is 0 Å². The van der Waals surface area contributed by atoms with Crippen LogP contribution in [0.15, 0.2) is 54.6 Å². The van der Waals surface area contributed by atoms with E-state index in [1.165, 1.54) is 17.8 Å². The van der Waals surface area contributed by atoms with Gasteiger partial charge in [-0.05, 0) is 18.1 Å². The average Bonchev–Trinajstić information content (AvgIpc) is 2.94.